The Morgan fingerprint density at radius 3 is 2.27 bits per heavy atom. The van der Waals surface area contributed by atoms with Crippen molar-refractivity contribution in [2.24, 2.45) is 5.92 Å². The van der Waals surface area contributed by atoms with Crippen LogP contribution in [0.1, 0.15) is 49.5 Å². The summed E-state index contributed by atoms with van der Waals surface area (Å²) >= 11 is 6.80. The van der Waals surface area contributed by atoms with Crippen molar-refractivity contribution in [3.63, 3.8) is 0 Å². The van der Waals surface area contributed by atoms with E-state index in [9.17, 15) is 9.59 Å². The lowest BCUT2D eigenvalue weighted by Crippen LogP contribution is -2.44. The minimum Gasteiger partial charge on any atom is -0.492 e. The average Bonchev–Trinajstić information content (AvgIpc) is 2.69. The van der Waals surface area contributed by atoms with E-state index in [1.165, 1.54) is 0 Å². The van der Waals surface area contributed by atoms with E-state index in [0.717, 1.165) is 14.5 Å². The van der Waals surface area contributed by atoms with Gasteiger partial charge >= 0.3 is 0 Å². The second-order valence-electron chi connectivity index (χ2n) is 7.48. The summed E-state index contributed by atoms with van der Waals surface area (Å²) in [7, 11) is 0. The first-order valence-electron chi connectivity index (χ1n) is 9.61. The SMILES string of the molecule is CC(C)COc1ccc(Br)cc1C(=O)NNC(=O)COc1ccc(C(C)C)cc1Br. The van der Waals surface area contributed by atoms with Gasteiger partial charge in [0.15, 0.2) is 6.61 Å². The van der Waals surface area contributed by atoms with Crippen LogP contribution in [0, 0.1) is 5.92 Å². The Kier molecular flexibility index (Phi) is 9.17. The average molecular weight is 542 g/mol. The maximum Gasteiger partial charge on any atom is 0.276 e. The molecule has 0 heterocycles. The number of carbonyl (C=O) groups excluding carboxylic acids is 2. The highest BCUT2D eigenvalue weighted by Gasteiger charge is 2.15. The number of ether oxygens (including phenoxy) is 2. The third kappa shape index (κ3) is 7.32. The van der Waals surface area contributed by atoms with Crippen molar-refractivity contribution in [1.29, 1.82) is 0 Å². The lowest BCUT2D eigenvalue weighted by atomic mass is 10.0. The summed E-state index contributed by atoms with van der Waals surface area (Å²) in [6.07, 6.45) is 0. The molecule has 30 heavy (non-hydrogen) atoms. The highest BCUT2D eigenvalue weighted by Crippen LogP contribution is 2.29. The summed E-state index contributed by atoms with van der Waals surface area (Å²) in [5.41, 5.74) is 6.24. The predicted molar refractivity (Wildman–Crippen MR) is 124 cm³/mol. The maximum atomic E-state index is 12.5. The smallest absolute Gasteiger partial charge is 0.276 e. The monoisotopic (exact) mass is 540 g/mol. The molecule has 0 bridgehead atoms. The van der Waals surface area contributed by atoms with Gasteiger partial charge in [0, 0.05) is 4.47 Å². The van der Waals surface area contributed by atoms with E-state index in [1.54, 1.807) is 18.2 Å². The molecular formula is C22H26Br2N2O4. The van der Waals surface area contributed by atoms with Gasteiger partial charge in [0.2, 0.25) is 0 Å². The first-order chi connectivity index (χ1) is 14.2. The van der Waals surface area contributed by atoms with E-state index < -0.39 is 11.8 Å². The zero-order valence-corrected chi connectivity index (χ0v) is 20.6. The molecule has 0 unspecified atom stereocenters. The summed E-state index contributed by atoms with van der Waals surface area (Å²) in [5, 5.41) is 0. The van der Waals surface area contributed by atoms with Crippen LogP contribution in [-0.2, 0) is 4.79 Å². The lowest BCUT2D eigenvalue weighted by Gasteiger charge is -2.14. The first-order valence-corrected chi connectivity index (χ1v) is 11.2. The molecule has 0 radical (unpaired) electrons. The topological polar surface area (TPSA) is 76.7 Å². The molecule has 6 nitrogen and oxygen atoms in total. The van der Waals surface area contributed by atoms with Crippen LogP contribution in [0.4, 0.5) is 0 Å². The fourth-order valence-electron chi connectivity index (χ4n) is 2.43. The number of nitrogens with one attached hydrogen (secondary N) is 2. The fourth-order valence-corrected chi connectivity index (χ4v) is 3.30. The van der Waals surface area contributed by atoms with Gasteiger partial charge in [0.25, 0.3) is 11.8 Å². The van der Waals surface area contributed by atoms with Crippen LogP contribution >= 0.6 is 31.9 Å². The standard InChI is InChI=1S/C22H26Br2N2O4/c1-13(2)11-29-19-8-6-16(23)10-17(19)22(28)26-25-21(27)12-30-20-7-5-15(14(3)4)9-18(20)24/h5-10,13-14H,11-12H2,1-4H3,(H,25,27)(H,26,28). The Labute approximate surface area is 193 Å². The molecule has 0 saturated heterocycles. The molecule has 2 N–H and O–H groups in total. The van der Waals surface area contributed by atoms with Crippen molar-refractivity contribution >= 4 is 43.7 Å². The second kappa shape index (κ2) is 11.4. The minimum absolute atomic E-state index is 0.241. The Morgan fingerprint density at radius 2 is 1.63 bits per heavy atom. The molecule has 0 saturated carbocycles. The van der Waals surface area contributed by atoms with Gasteiger partial charge in [-0.1, -0.05) is 49.7 Å². The highest BCUT2D eigenvalue weighted by molar-refractivity contribution is 9.10. The number of benzene rings is 2. The minimum atomic E-state index is -0.483. The molecule has 8 heteroatoms. The third-order valence-electron chi connectivity index (χ3n) is 4.06. The van der Waals surface area contributed by atoms with Crippen molar-refractivity contribution < 1.29 is 19.1 Å². The van der Waals surface area contributed by atoms with E-state index in [0.29, 0.717) is 35.5 Å². The van der Waals surface area contributed by atoms with E-state index in [4.69, 9.17) is 9.47 Å². The lowest BCUT2D eigenvalue weighted by molar-refractivity contribution is -0.123. The van der Waals surface area contributed by atoms with Crippen LogP contribution in [0.25, 0.3) is 0 Å². The number of hydrogen-bond acceptors (Lipinski definition) is 4. The van der Waals surface area contributed by atoms with Gasteiger partial charge in [-0.2, -0.15) is 0 Å². The number of hydrogen-bond donors (Lipinski definition) is 2. The van der Waals surface area contributed by atoms with Crippen molar-refractivity contribution in [3.05, 3.63) is 56.5 Å². The summed E-state index contributed by atoms with van der Waals surface area (Å²) in [6, 6.07) is 10.9. The molecule has 0 aliphatic carbocycles. The molecular weight excluding hydrogens is 516 g/mol. The molecule has 2 rings (SSSR count). The van der Waals surface area contributed by atoms with Gasteiger partial charge in [0.05, 0.1) is 16.6 Å². The zero-order chi connectivity index (χ0) is 22.3. The number of rotatable bonds is 8. The summed E-state index contributed by atoms with van der Waals surface area (Å²) in [4.78, 5) is 24.6. The normalized spacial score (nSPS) is 10.8. The van der Waals surface area contributed by atoms with Crippen molar-refractivity contribution in [2.75, 3.05) is 13.2 Å². The Balaban J connectivity index is 1.92. The summed E-state index contributed by atoms with van der Waals surface area (Å²) in [6.45, 7) is 8.48. The van der Waals surface area contributed by atoms with Gasteiger partial charge in [-0.05, 0) is 63.7 Å². The molecule has 0 aromatic heterocycles. The zero-order valence-electron chi connectivity index (χ0n) is 17.4. The van der Waals surface area contributed by atoms with Crippen molar-refractivity contribution in [1.82, 2.24) is 10.9 Å². The summed E-state index contributed by atoms with van der Waals surface area (Å²) in [5.74, 6) is 0.742. The van der Waals surface area contributed by atoms with Gasteiger partial charge in [-0.15, -0.1) is 0 Å². The molecule has 0 aliphatic rings. The van der Waals surface area contributed by atoms with E-state index in [1.807, 2.05) is 32.0 Å². The second-order valence-corrected chi connectivity index (χ2v) is 9.25. The molecule has 0 fully saturated rings. The van der Waals surface area contributed by atoms with E-state index in [-0.39, 0.29) is 6.61 Å². The maximum absolute atomic E-state index is 12.5. The van der Waals surface area contributed by atoms with Crippen LogP contribution in [-0.4, -0.2) is 25.0 Å². The first kappa shape index (κ1) is 24.2. The van der Waals surface area contributed by atoms with Crippen LogP contribution in [0.3, 0.4) is 0 Å². The van der Waals surface area contributed by atoms with Gasteiger partial charge in [-0.3, -0.25) is 20.4 Å². The molecule has 2 amide bonds. The molecule has 2 aromatic rings. The number of halogens is 2. The quantitative estimate of drug-likeness (QED) is 0.450. The van der Waals surface area contributed by atoms with Gasteiger partial charge < -0.3 is 9.47 Å². The van der Waals surface area contributed by atoms with E-state index in [2.05, 4.69) is 56.6 Å². The van der Waals surface area contributed by atoms with Crippen LogP contribution < -0.4 is 20.3 Å². The van der Waals surface area contributed by atoms with Gasteiger partial charge in [-0.25, -0.2) is 0 Å². The molecule has 2 aromatic carbocycles. The Morgan fingerprint density at radius 1 is 0.933 bits per heavy atom. The molecule has 0 spiro atoms. The number of carbonyl (C=O) groups is 2. The highest BCUT2D eigenvalue weighted by atomic mass is 79.9. The fraction of sp³-hybridized carbons (Fsp3) is 0.364. The van der Waals surface area contributed by atoms with Gasteiger partial charge in [0.1, 0.15) is 11.5 Å². The van der Waals surface area contributed by atoms with Crippen LogP contribution in [0.2, 0.25) is 0 Å². The Bertz CT molecular complexity index is 901. The summed E-state index contributed by atoms with van der Waals surface area (Å²) < 4.78 is 12.7. The Hall–Kier alpha value is -2.06. The largest absolute Gasteiger partial charge is 0.492 e. The number of amides is 2. The van der Waals surface area contributed by atoms with Crippen LogP contribution in [0.5, 0.6) is 11.5 Å². The predicted octanol–water partition coefficient (Wildman–Crippen LogP) is 5.21. The van der Waals surface area contributed by atoms with E-state index >= 15 is 0 Å². The third-order valence-corrected chi connectivity index (χ3v) is 5.17. The molecule has 0 aliphatic heterocycles. The van der Waals surface area contributed by atoms with Crippen LogP contribution in [0.15, 0.2) is 45.3 Å². The number of hydrazine groups is 1. The molecule has 162 valence electrons. The molecule has 0 atom stereocenters. The van der Waals surface area contributed by atoms with Crippen molar-refractivity contribution in [2.45, 2.75) is 33.6 Å². The van der Waals surface area contributed by atoms with Crippen molar-refractivity contribution in [3.8, 4) is 11.5 Å².